The lowest BCUT2D eigenvalue weighted by Gasteiger charge is -2.26. The molecule has 3 heteroatoms. The highest BCUT2D eigenvalue weighted by Gasteiger charge is 2.32. The highest BCUT2D eigenvalue weighted by molar-refractivity contribution is 5.98. The van der Waals surface area contributed by atoms with E-state index in [1.807, 2.05) is 25.7 Å². The van der Waals surface area contributed by atoms with E-state index in [4.69, 9.17) is 5.73 Å². The fraction of sp³-hybridized carbons (Fsp3) is 0.632. The quantitative estimate of drug-likeness (QED) is 0.924. The van der Waals surface area contributed by atoms with Gasteiger partial charge in [0.2, 0.25) is 5.91 Å². The van der Waals surface area contributed by atoms with Crippen LogP contribution in [0.3, 0.4) is 0 Å². The molecule has 2 rings (SSSR count). The zero-order chi connectivity index (χ0) is 16.5. The van der Waals surface area contributed by atoms with Crippen molar-refractivity contribution < 1.29 is 4.79 Å². The molecule has 0 spiro atoms. The lowest BCUT2D eigenvalue weighted by molar-refractivity contribution is -0.125. The maximum Gasteiger partial charge on any atom is 0.232 e. The van der Waals surface area contributed by atoms with Crippen molar-refractivity contribution in [3.8, 4) is 0 Å². The van der Waals surface area contributed by atoms with Crippen LogP contribution in [0.1, 0.15) is 52.2 Å². The summed E-state index contributed by atoms with van der Waals surface area (Å²) in [5.41, 5.74) is 9.54. The van der Waals surface area contributed by atoms with Gasteiger partial charge in [-0.2, -0.15) is 0 Å². The monoisotopic (exact) mass is 302 g/mol. The summed E-state index contributed by atoms with van der Waals surface area (Å²) >= 11 is 0. The normalized spacial score (nSPS) is 16.0. The maximum absolute atomic E-state index is 12.5. The lowest BCUT2D eigenvalue weighted by atomic mass is 9.94. The van der Waals surface area contributed by atoms with Crippen molar-refractivity contribution in [3.05, 3.63) is 29.3 Å². The summed E-state index contributed by atoms with van der Waals surface area (Å²) < 4.78 is 0. The molecule has 1 aromatic carbocycles. The van der Waals surface area contributed by atoms with Crippen LogP contribution in [0.2, 0.25) is 0 Å². The Morgan fingerprint density at radius 3 is 2.59 bits per heavy atom. The highest BCUT2D eigenvalue weighted by Crippen LogP contribution is 2.32. The van der Waals surface area contributed by atoms with Crippen LogP contribution in [0.25, 0.3) is 0 Å². The summed E-state index contributed by atoms with van der Waals surface area (Å²) in [6.45, 7) is 11.1. The Balaban J connectivity index is 2.12. The molecule has 1 heterocycles. The van der Waals surface area contributed by atoms with E-state index >= 15 is 0 Å². The van der Waals surface area contributed by atoms with Crippen LogP contribution in [-0.2, 0) is 17.6 Å². The topological polar surface area (TPSA) is 46.3 Å². The minimum absolute atomic E-state index is 0.204. The molecule has 1 aromatic rings. The fourth-order valence-corrected chi connectivity index (χ4v) is 3.19. The number of carbonyl (C=O) groups is 1. The van der Waals surface area contributed by atoms with Gasteiger partial charge < -0.3 is 10.6 Å². The third-order valence-corrected chi connectivity index (χ3v) is 4.20. The van der Waals surface area contributed by atoms with Crippen molar-refractivity contribution in [2.75, 3.05) is 11.4 Å². The Morgan fingerprint density at radius 2 is 2.00 bits per heavy atom. The van der Waals surface area contributed by atoms with E-state index in [0.717, 1.165) is 31.5 Å². The summed E-state index contributed by atoms with van der Waals surface area (Å²) in [5, 5.41) is 0. The number of rotatable bonds is 4. The number of hydrogen-bond donors (Lipinski definition) is 1. The van der Waals surface area contributed by atoms with Crippen molar-refractivity contribution in [1.82, 2.24) is 0 Å². The molecular formula is C19H30N2O. The van der Waals surface area contributed by atoms with Gasteiger partial charge in [-0.3, -0.25) is 4.79 Å². The average molecular weight is 302 g/mol. The Labute approximate surface area is 134 Å². The molecule has 1 unspecified atom stereocenters. The van der Waals surface area contributed by atoms with Crippen LogP contribution in [0.5, 0.6) is 0 Å². The standard InChI is InChI=1S/C19H30N2O/c1-13(2)10-16(20)12-14-6-7-17-15(11-14)8-9-21(17)18(22)19(3,4)5/h6-7,11,13,16H,8-10,12,20H2,1-5H3. The Kier molecular flexibility index (Phi) is 4.96. The molecule has 1 amide bonds. The number of amides is 1. The Bertz CT molecular complexity index is 543. The summed E-state index contributed by atoms with van der Waals surface area (Å²) in [5.74, 6) is 0.833. The number of anilines is 1. The Morgan fingerprint density at radius 1 is 1.32 bits per heavy atom. The van der Waals surface area contributed by atoms with Gasteiger partial charge in [-0.05, 0) is 42.4 Å². The van der Waals surface area contributed by atoms with Gasteiger partial charge in [-0.25, -0.2) is 0 Å². The zero-order valence-electron chi connectivity index (χ0n) is 14.6. The van der Waals surface area contributed by atoms with Crippen molar-refractivity contribution >= 4 is 11.6 Å². The molecule has 22 heavy (non-hydrogen) atoms. The summed E-state index contributed by atoms with van der Waals surface area (Å²) in [7, 11) is 0. The maximum atomic E-state index is 12.5. The van der Waals surface area contributed by atoms with E-state index in [-0.39, 0.29) is 17.4 Å². The van der Waals surface area contributed by atoms with E-state index < -0.39 is 0 Å². The van der Waals surface area contributed by atoms with Crippen LogP contribution in [0, 0.1) is 11.3 Å². The molecule has 0 radical (unpaired) electrons. The van der Waals surface area contributed by atoms with Gasteiger partial charge in [0.25, 0.3) is 0 Å². The second-order valence-electron chi connectivity index (χ2n) is 8.01. The largest absolute Gasteiger partial charge is 0.327 e. The smallest absolute Gasteiger partial charge is 0.232 e. The van der Waals surface area contributed by atoms with Gasteiger partial charge in [0.15, 0.2) is 0 Å². The third kappa shape index (κ3) is 3.89. The summed E-state index contributed by atoms with van der Waals surface area (Å²) in [6, 6.07) is 6.69. The molecule has 0 aromatic heterocycles. The highest BCUT2D eigenvalue weighted by atomic mass is 16.2. The predicted molar refractivity (Wildman–Crippen MR) is 93.1 cm³/mol. The van der Waals surface area contributed by atoms with Crippen LogP contribution < -0.4 is 10.6 Å². The van der Waals surface area contributed by atoms with E-state index in [0.29, 0.717) is 5.92 Å². The number of hydrogen-bond acceptors (Lipinski definition) is 2. The second-order valence-corrected chi connectivity index (χ2v) is 8.01. The number of nitrogens with zero attached hydrogens (tertiary/aromatic N) is 1. The van der Waals surface area contributed by atoms with Gasteiger partial charge in [-0.1, -0.05) is 46.8 Å². The van der Waals surface area contributed by atoms with Crippen molar-refractivity contribution in [1.29, 1.82) is 0 Å². The Hall–Kier alpha value is -1.35. The van der Waals surface area contributed by atoms with Gasteiger partial charge in [0.05, 0.1) is 0 Å². The van der Waals surface area contributed by atoms with E-state index in [1.54, 1.807) is 0 Å². The lowest BCUT2D eigenvalue weighted by Crippen LogP contribution is -2.38. The van der Waals surface area contributed by atoms with Crippen LogP contribution in [-0.4, -0.2) is 18.5 Å². The fourth-order valence-electron chi connectivity index (χ4n) is 3.19. The molecule has 0 saturated heterocycles. The number of carbonyl (C=O) groups excluding carboxylic acids is 1. The van der Waals surface area contributed by atoms with Crippen LogP contribution in [0.15, 0.2) is 18.2 Å². The zero-order valence-corrected chi connectivity index (χ0v) is 14.6. The third-order valence-electron chi connectivity index (χ3n) is 4.20. The SMILES string of the molecule is CC(C)CC(N)Cc1ccc2c(c1)CCN2C(=O)C(C)(C)C. The molecule has 3 nitrogen and oxygen atoms in total. The molecule has 0 saturated carbocycles. The van der Waals surface area contributed by atoms with Gasteiger partial charge in [-0.15, -0.1) is 0 Å². The number of nitrogens with two attached hydrogens (primary N) is 1. The van der Waals surface area contributed by atoms with Crippen molar-refractivity contribution in [2.45, 2.75) is 59.9 Å². The molecule has 122 valence electrons. The molecule has 2 N–H and O–H groups in total. The molecule has 1 aliphatic rings. The van der Waals surface area contributed by atoms with E-state index in [1.165, 1.54) is 11.1 Å². The van der Waals surface area contributed by atoms with Gasteiger partial charge >= 0.3 is 0 Å². The number of fused-ring (bicyclic) bond motifs is 1. The number of benzene rings is 1. The van der Waals surface area contributed by atoms with E-state index in [9.17, 15) is 4.79 Å². The molecular weight excluding hydrogens is 272 g/mol. The summed E-state index contributed by atoms with van der Waals surface area (Å²) in [4.78, 5) is 14.5. The second kappa shape index (κ2) is 6.41. The van der Waals surface area contributed by atoms with Gasteiger partial charge in [0.1, 0.15) is 0 Å². The first kappa shape index (κ1) is 17.0. The first-order chi connectivity index (χ1) is 10.2. The summed E-state index contributed by atoms with van der Waals surface area (Å²) in [6.07, 6.45) is 2.91. The molecule has 0 bridgehead atoms. The molecule has 0 fully saturated rings. The van der Waals surface area contributed by atoms with Gasteiger partial charge in [0, 0.05) is 23.7 Å². The molecule has 0 aliphatic carbocycles. The first-order valence-corrected chi connectivity index (χ1v) is 8.38. The molecule has 1 atom stereocenters. The predicted octanol–water partition coefficient (Wildman–Crippen LogP) is 3.54. The molecule has 1 aliphatic heterocycles. The average Bonchev–Trinajstić information content (AvgIpc) is 2.78. The van der Waals surface area contributed by atoms with E-state index in [2.05, 4.69) is 32.0 Å². The first-order valence-electron chi connectivity index (χ1n) is 8.38. The van der Waals surface area contributed by atoms with Crippen LogP contribution >= 0.6 is 0 Å². The van der Waals surface area contributed by atoms with Crippen molar-refractivity contribution in [3.63, 3.8) is 0 Å². The van der Waals surface area contributed by atoms with Crippen molar-refractivity contribution in [2.24, 2.45) is 17.1 Å². The van der Waals surface area contributed by atoms with Crippen LogP contribution in [0.4, 0.5) is 5.69 Å². The minimum atomic E-state index is -0.333. The minimum Gasteiger partial charge on any atom is -0.327 e.